The Morgan fingerprint density at radius 3 is 2.68 bits per heavy atom. The van der Waals surface area contributed by atoms with E-state index in [4.69, 9.17) is 0 Å². The van der Waals surface area contributed by atoms with Crippen molar-refractivity contribution in [1.82, 2.24) is 9.88 Å². The molecule has 0 aliphatic carbocycles. The molecule has 0 atom stereocenters. The molecule has 2 aromatic heterocycles. The molecule has 1 amide bonds. The van der Waals surface area contributed by atoms with Gasteiger partial charge >= 0.3 is 0 Å². The van der Waals surface area contributed by atoms with Crippen molar-refractivity contribution in [3.8, 4) is 0 Å². The van der Waals surface area contributed by atoms with E-state index in [1.807, 2.05) is 41.4 Å². The first-order valence-corrected chi connectivity index (χ1v) is 10.3. The molecule has 140 valence electrons. The maximum Gasteiger partial charge on any atom is 0.227 e. The van der Waals surface area contributed by atoms with Crippen molar-refractivity contribution in [3.05, 3.63) is 101 Å². The smallest absolute Gasteiger partial charge is 0.227 e. The van der Waals surface area contributed by atoms with E-state index in [0.29, 0.717) is 19.5 Å². The van der Waals surface area contributed by atoms with Gasteiger partial charge in [-0.2, -0.15) is 0 Å². The van der Waals surface area contributed by atoms with Crippen molar-refractivity contribution in [1.29, 1.82) is 0 Å². The number of hydrogen-bond acceptors (Lipinski definition) is 3. The predicted octanol–water partition coefficient (Wildman–Crippen LogP) is 5.11. The topological polar surface area (TPSA) is 33.2 Å². The molecule has 0 saturated heterocycles. The van der Waals surface area contributed by atoms with Crippen molar-refractivity contribution in [2.45, 2.75) is 19.4 Å². The van der Waals surface area contributed by atoms with Crippen LogP contribution in [0.5, 0.6) is 0 Å². The summed E-state index contributed by atoms with van der Waals surface area (Å²) in [5.41, 5.74) is 2.13. The Morgan fingerprint density at radius 2 is 1.86 bits per heavy atom. The average molecular weight is 387 g/mol. The SMILES string of the molecule is O=C(Cc1cccc2ccccc12)N(CCc1cccs1)Cc1cccnc1. The van der Waals surface area contributed by atoms with Gasteiger partial charge in [0.2, 0.25) is 5.91 Å². The number of pyridine rings is 1. The quantitative estimate of drug-likeness (QED) is 0.442. The molecule has 0 radical (unpaired) electrons. The molecule has 0 unspecified atom stereocenters. The number of fused-ring (bicyclic) bond motifs is 1. The van der Waals surface area contributed by atoms with E-state index in [1.54, 1.807) is 17.5 Å². The highest BCUT2D eigenvalue weighted by Gasteiger charge is 2.16. The number of aromatic nitrogens is 1. The van der Waals surface area contributed by atoms with E-state index >= 15 is 0 Å². The van der Waals surface area contributed by atoms with Crippen LogP contribution in [0, 0.1) is 0 Å². The van der Waals surface area contributed by atoms with Crippen LogP contribution in [0.1, 0.15) is 16.0 Å². The summed E-state index contributed by atoms with van der Waals surface area (Å²) in [5, 5.41) is 4.40. The van der Waals surface area contributed by atoms with Gasteiger partial charge in [-0.05, 0) is 45.8 Å². The summed E-state index contributed by atoms with van der Waals surface area (Å²) in [7, 11) is 0. The van der Waals surface area contributed by atoms with Crippen LogP contribution in [0.2, 0.25) is 0 Å². The van der Waals surface area contributed by atoms with Gasteiger partial charge in [0.25, 0.3) is 0 Å². The van der Waals surface area contributed by atoms with Gasteiger partial charge in [-0.1, -0.05) is 54.6 Å². The molecular formula is C24H22N2OS. The normalized spacial score (nSPS) is 10.9. The average Bonchev–Trinajstić information content (AvgIpc) is 3.26. The van der Waals surface area contributed by atoms with Crippen LogP contribution in [0.3, 0.4) is 0 Å². The molecule has 0 aliphatic rings. The molecule has 0 bridgehead atoms. The number of rotatable bonds is 7. The van der Waals surface area contributed by atoms with E-state index < -0.39 is 0 Å². The molecule has 4 rings (SSSR count). The number of hydrogen-bond donors (Lipinski definition) is 0. The van der Waals surface area contributed by atoms with Crippen LogP contribution in [0.15, 0.2) is 84.5 Å². The lowest BCUT2D eigenvalue weighted by atomic mass is 10.0. The lowest BCUT2D eigenvalue weighted by molar-refractivity contribution is -0.131. The molecule has 0 aliphatic heterocycles. The number of amides is 1. The Hall–Kier alpha value is -2.98. The number of thiophene rings is 1. The largest absolute Gasteiger partial charge is 0.338 e. The second-order valence-corrected chi connectivity index (χ2v) is 7.85. The first-order valence-electron chi connectivity index (χ1n) is 9.45. The van der Waals surface area contributed by atoms with E-state index in [9.17, 15) is 4.79 Å². The third-order valence-electron chi connectivity index (χ3n) is 4.88. The Balaban J connectivity index is 1.54. The van der Waals surface area contributed by atoms with Gasteiger partial charge < -0.3 is 4.90 Å². The third-order valence-corrected chi connectivity index (χ3v) is 5.81. The molecule has 2 aromatic carbocycles. The van der Waals surface area contributed by atoms with Gasteiger partial charge in [0.05, 0.1) is 6.42 Å². The minimum atomic E-state index is 0.150. The predicted molar refractivity (Wildman–Crippen MR) is 115 cm³/mol. The lowest BCUT2D eigenvalue weighted by Gasteiger charge is -2.23. The summed E-state index contributed by atoms with van der Waals surface area (Å²) >= 11 is 1.74. The summed E-state index contributed by atoms with van der Waals surface area (Å²) in [6.07, 6.45) is 4.88. The van der Waals surface area contributed by atoms with Crippen molar-refractivity contribution in [3.63, 3.8) is 0 Å². The van der Waals surface area contributed by atoms with Crippen molar-refractivity contribution < 1.29 is 4.79 Å². The molecule has 0 N–H and O–H groups in total. The zero-order valence-electron chi connectivity index (χ0n) is 15.6. The Kier molecular flexibility index (Phi) is 5.78. The van der Waals surface area contributed by atoms with E-state index in [-0.39, 0.29) is 5.91 Å². The van der Waals surface area contributed by atoms with E-state index in [2.05, 4.69) is 46.8 Å². The Bertz CT molecular complexity index is 1040. The summed E-state index contributed by atoms with van der Waals surface area (Å²) in [6.45, 7) is 1.29. The van der Waals surface area contributed by atoms with Crippen molar-refractivity contribution in [2.75, 3.05) is 6.54 Å². The van der Waals surface area contributed by atoms with E-state index in [1.165, 1.54) is 10.3 Å². The molecule has 28 heavy (non-hydrogen) atoms. The second-order valence-electron chi connectivity index (χ2n) is 6.82. The third kappa shape index (κ3) is 4.46. The summed E-state index contributed by atoms with van der Waals surface area (Å²) in [4.78, 5) is 20.7. The van der Waals surface area contributed by atoms with Crippen LogP contribution >= 0.6 is 11.3 Å². The first-order chi connectivity index (χ1) is 13.8. The summed E-state index contributed by atoms with van der Waals surface area (Å²) in [6, 6.07) is 22.5. The highest BCUT2D eigenvalue weighted by molar-refractivity contribution is 7.09. The molecule has 0 spiro atoms. The van der Waals surface area contributed by atoms with Crippen LogP contribution in [0.25, 0.3) is 10.8 Å². The zero-order chi connectivity index (χ0) is 19.2. The molecule has 4 heteroatoms. The zero-order valence-corrected chi connectivity index (χ0v) is 16.4. The molecular weight excluding hydrogens is 364 g/mol. The fourth-order valence-corrected chi connectivity index (χ4v) is 4.12. The first kappa shape index (κ1) is 18.4. The van der Waals surface area contributed by atoms with Gasteiger partial charge in [0.15, 0.2) is 0 Å². The molecule has 4 aromatic rings. The number of nitrogens with zero attached hydrogens (tertiary/aromatic N) is 2. The molecule has 3 nitrogen and oxygen atoms in total. The maximum atomic E-state index is 13.2. The second kappa shape index (κ2) is 8.81. The standard InChI is InChI=1S/C24H22N2OS/c27-24(16-21-9-3-8-20-7-1-2-11-23(20)21)26(14-12-22-10-5-15-28-22)18-19-6-4-13-25-17-19/h1-11,13,15,17H,12,14,16,18H2. The van der Waals surface area contributed by atoms with Crippen molar-refractivity contribution in [2.24, 2.45) is 0 Å². The lowest BCUT2D eigenvalue weighted by Crippen LogP contribution is -2.33. The minimum Gasteiger partial charge on any atom is -0.338 e. The van der Waals surface area contributed by atoms with Gasteiger partial charge in [0.1, 0.15) is 0 Å². The van der Waals surface area contributed by atoms with Gasteiger partial charge in [0, 0.05) is 30.4 Å². The number of carbonyl (C=O) groups excluding carboxylic acids is 1. The van der Waals surface area contributed by atoms with E-state index in [0.717, 1.165) is 22.9 Å². The summed E-state index contributed by atoms with van der Waals surface area (Å²) in [5.74, 6) is 0.150. The van der Waals surface area contributed by atoms with Gasteiger partial charge in [-0.3, -0.25) is 9.78 Å². The highest BCUT2D eigenvalue weighted by Crippen LogP contribution is 2.20. The maximum absolute atomic E-state index is 13.2. The van der Waals surface area contributed by atoms with Crippen LogP contribution in [-0.4, -0.2) is 22.3 Å². The molecule has 2 heterocycles. The van der Waals surface area contributed by atoms with Crippen LogP contribution < -0.4 is 0 Å². The fourth-order valence-electron chi connectivity index (χ4n) is 3.43. The number of carbonyl (C=O) groups is 1. The van der Waals surface area contributed by atoms with Gasteiger partial charge in [-0.25, -0.2) is 0 Å². The van der Waals surface area contributed by atoms with Gasteiger partial charge in [-0.15, -0.1) is 11.3 Å². The molecule has 0 saturated carbocycles. The fraction of sp³-hybridized carbons (Fsp3) is 0.167. The number of benzene rings is 2. The Labute approximate surface area is 169 Å². The monoisotopic (exact) mass is 386 g/mol. The minimum absolute atomic E-state index is 0.150. The Morgan fingerprint density at radius 1 is 0.964 bits per heavy atom. The highest BCUT2D eigenvalue weighted by atomic mass is 32.1. The summed E-state index contributed by atoms with van der Waals surface area (Å²) < 4.78 is 0. The van der Waals surface area contributed by atoms with Crippen LogP contribution in [-0.2, 0) is 24.2 Å². The van der Waals surface area contributed by atoms with Crippen molar-refractivity contribution >= 4 is 28.0 Å². The molecule has 0 fully saturated rings. The van der Waals surface area contributed by atoms with Crippen LogP contribution in [0.4, 0.5) is 0 Å².